The summed E-state index contributed by atoms with van der Waals surface area (Å²) in [5.41, 5.74) is 3.29. The highest BCUT2D eigenvalue weighted by Gasteiger charge is 2.15. The van der Waals surface area contributed by atoms with Crippen LogP contribution in [-0.2, 0) is 4.74 Å². The Morgan fingerprint density at radius 3 is 2.50 bits per heavy atom. The molecule has 0 atom stereocenters. The molecule has 1 amide bonds. The minimum atomic E-state index is -0.445. The van der Waals surface area contributed by atoms with E-state index in [-0.39, 0.29) is 12.5 Å². The minimum Gasteiger partial charge on any atom is -0.462 e. The Labute approximate surface area is 130 Å². The van der Waals surface area contributed by atoms with E-state index in [4.69, 9.17) is 4.74 Å². The van der Waals surface area contributed by atoms with Crippen molar-refractivity contribution >= 4 is 17.6 Å². The highest BCUT2D eigenvalue weighted by atomic mass is 16.5. The fourth-order valence-electron chi connectivity index (χ4n) is 2.15. The van der Waals surface area contributed by atoms with Crippen molar-refractivity contribution in [2.24, 2.45) is 0 Å². The first-order valence-corrected chi connectivity index (χ1v) is 7.17. The van der Waals surface area contributed by atoms with Gasteiger partial charge in [0.2, 0.25) is 0 Å². The van der Waals surface area contributed by atoms with Gasteiger partial charge < -0.3 is 10.1 Å². The van der Waals surface area contributed by atoms with E-state index < -0.39 is 5.97 Å². The highest BCUT2D eigenvalue weighted by molar-refractivity contribution is 6.08. The average Bonchev–Trinajstić information content (AvgIpc) is 2.50. The number of aryl methyl sites for hydroxylation is 2. The first-order chi connectivity index (χ1) is 10.5. The molecule has 4 heteroatoms. The molecule has 0 spiro atoms. The van der Waals surface area contributed by atoms with Crippen LogP contribution in [0, 0.1) is 13.8 Å². The van der Waals surface area contributed by atoms with Gasteiger partial charge in [-0.25, -0.2) is 4.79 Å². The summed E-state index contributed by atoms with van der Waals surface area (Å²) in [4.78, 5) is 24.4. The van der Waals surface area contributed by atoms with Crippen LogP contribution in [0.25, 0.3) is 0 Å². The molecule has 22 heavy (non-hydrogen) atoms. The molecule has 0 radical (unpaired) electrons. The van der Waals surface area contributed by atoms with E-state index in [1.807, 2.05) is 32.0 Å². The monoisotopic (exact) mass is 297 g/mol. The van der Waals surface area contributed by atoms with Gasteiger partial charge in [0.1, 0.15) is 0 Å². The number of anilines is 1. The lowest BCUT2D eigenvalue weighted by atomic mass is 10.0. The molecular weight excluding hydrogens is 278 g/mol. The maximum absolute atomic E-state index is 12.5. The van der Waals surface area contributed by atoms with Crippen LogP contribution in [0.1, 0.15) is 38.8 Å². The van der Waals surface area contributed by atoms with Crippen LogP contribution >= 0.6 is 0 Å². The Hall–Kier alpha value is -2.62. The topological polar surface area (TPSA) is 55.4 Å². The van der Waals surface area contributed by atoms with Crippen LogP contribution in [0.3, 0.4) is 0 Å². The van der Waals surface area contributed by atoms with Crippen LogP contribution in [0.4, 0.5) is 5.69 Å². The molecule has 4 nitrogen and oxygen atoms in total. The number of carbonyl (C=O) groups excluding carboxylic acids is 2. The Morgan fingerprint density at radius 1 is 1.05 bits per heavy atom. The summed E-state index contributed by atoms with van der Waals surface area (Å²) in [6, 6.07) is 12.5. The predicted octanol–water partition coefficient (Wildman–Crippen LogP) is 3.73. The van der Waals surface area contributed by atoms with E-state index in [0.29, 0.717) is 16.8 Å². The van der Waals surface area contributed by atoms with Crippen molar-refractivity contribution < 1.29 is 14.3 Å². The van der Waals surface area contributed by atoms with Gasteiger partial charge in [0.05, 0.1) is 17.9 Å². The number of ether oxygens (including phenoxy) is 1. The van der Waals surface area contributed by atoms with Gasteiger partial charge in [-0.3, -0.25) is 4.79 Å². The van der Waals surface area contributed by atoms with Crippen LogP contribution in [0.2, 0.25) is 0 Å². The Kier molecular flexibility index (Phi) is 4.94. The number of hydrogen-bond donors (Lipinski definition) is 1. The van der Waals surface area contributed by atoms with E-state index in [9.17, 15) is 9.59 Å². The van der Waals surface area contributed by atoms with Crippen molar-refractivity contribution in [3.8, 4) is 0 Å². The maximum atomic E-state index is 12.5. The molecule has 0 aromatic heterocycles. The van der Waals surface area contributed by atoms with Crippen molar-refractivity contribution in [1.82, 2.24) is 0 Å². The number of rotatable bonds is 4. The molecule has 1 N–H and O–H groups in total. The molecule has 114 valence electrons. The molecule has 2 aromatic rings. The fourth-order valence-corrected chi connectivity index (χ4v) is 2.15. The second-order valence-electron chi connectivity index (χ2n) is 5.04. The number of benzene rings is 2. The van der Waals surface area contributed by atoms with Gasteiger partial charge in [0.25, 0.3) is 5.91 Å². The third-order valence-electron chi connectivity index (χ3n) is 3.31. The van der Waals surface area contributed by atoms with Crippen LogP contribution in [-0.4, -0.2) is 18.5 Å². The van der Waals surface area contributed by atoms with Gasteiger partial charge in [-0.1, -0.05) is 29.8 Å². The molecule has 0 fully saturated rings. The molecule has 0 bridgehead atoms. The number of carbonyl (C=O) groups is 2. The first-order valence-electron chi connectivity index (χ1n) is 7.17. The van der Waals surface area contributed by atoms with Crippen LogP contribution in [0.15, 0.2) is 42.5 Å². The van der Waals surface area contributed by atoms with Crippen molar-refractivity contribution in [3.63, 3.8) is 0 Å². The molecule has 0 unspecified atom stereocenters. The molecule has 0 aliphatic heterocycles. The van der Waals surface area contributed by atoms with Gasteiger partial charge in [-0.05, 0) is 44.5 Å². The maximum Gasteiger partial charge on any atom is 0.340 e. The Morgan fingerprint density at radius 2 is 1.77 bits per heavy atom. The van der Waals surface area contributed by atoms with Crippen molar-refractivity contribution in [2.75, 3.05) is 11.9 Å². The predicted molar refractivity (Wildman–Crippen MR) is 86.3 cm³/mol. The second kappa shape index (κ2) is 6.89. The zero-order chi connectivity index (χ0) is 16.1. The first kappa shape index (κ1) is 15.8. The lowest BCUT2D eigenvalue weighted by Gasteiger charge is -2.12. The third-order valence-corrected chi connectivity index (χ3v) is 3.31. The molecule has 0 heterocycles. The fraction of sp³-hybridized carbons (Fsp3) is 0.222. The summed E-state index contributed by atoms with van der Waals surface area (Å²) in [5, 5.41) is 2.79. The van der Waals surface area contributed by atoms with Gasteiger partial charge in [-0.15, -0.1) is 0 Å². The number of amides is 1. The number of para-hydroxylation sites is 1. The highest BCUT2D eigenvalue weighted by Crippen LogP contribution is 2.19. The summed E-state index contributed by atoms with van der Waals surface area (Å²) < 4.78 is 5.01. The standard InChI is InChI=1S/C18H19NO3/c1-4-22-18(21)14-7-5-6-8-16(14)19-17(20)15-11-12(2)9-10-13(15)3/h5-11H,4H2,1-3H3,(H,19,20). The summed E-state index contributed by atoms with van der Waals surface area (Å²) in [6.07, 6.45) is 0. The number of nitrogens with one attached hydrogen (secondary N) is 1. The van der Waals surface area contributed by atoms with E-state index in [2.05, 4.69) is 5.32 Å². The second-order valence-corrected chi connectivity index (χ2v) is 5.04. The van der Waals surface area contributed by atoms with E-state index >= 15 is 0 Å². The van der Waals surface area contributed by atoms with Crippen molar-refractivity contribution in [2.45, 2.75) is 20.8 Å². The summed E-state index contributed by atoms with van der Waals surface area (Å²) in [5.74, 6) is -0.683. The van der Waals surface area contributed by atoms with E-state index in [0.717, 1.165) is 11.1 Å². The summed E-state index contributed by atoms with van der Waals surface area (Å²) in [6.45, 7) is 5.85. The Bertz CT molecular complexity index is 707. The third kappa shape index (κ3) is 3.52. The Balaban J connectivity index is 2.29. The summed E-state index contributed by atoms with van der Waals surface area (Å²) >= 11 is 0. The zero-order valence-electron chi connectivity index (χ0n) is 13.0. The number of esters is 1. The largest absolute Gasteiger partial charge is 0.462 e. The normalized spacial score (nSPS) is 10.1. The van der Waals surface area contributed by atoms with Crippen molar-refractivity contribution in [3.05, 3.63) is 64.7 Å². The van der Waals surface area contributed by atoms with Gasteiger partial charge in [-0.2, -0.15) is 0 Å². The lowest BCUT2D eigenvalue weighted by Crippen LogP contribution is -2.17. The quantitative estimate of drug-likeness (QED) is 0.875. The lowest BCUT2D eigenvalue weighted by molar-refractivity contribution is 0.0527. The molecule has 0 saturated carbocycles. The molecule has 2 rings (SSSR count). The molecule has 2 aromatic carbocycles. The smallest absolute Gasteiger partial charge is 0.340 e. The SMILES string of the molecule is CCOC(=O)c1ccccc1NC(=O)c1cc(C)ccc1C. The zero-order valence-corrected chi connectivity index (χ0v) is 13.0. The van der Waals surface area contributed by atoms with Gasteiger partial charge >= 0.3 is 5.97 Å². The molecule has 0 saturated heterocycles. The molecular formula is C18H19NO3. The van der Waals surface area contributed by atoms with Gasteiger partial charge in [0.15, 0.2) is 0 Å². The van der Waals surface area contributed by atoms with Gasteiger partial charge in [0, 0.05) is 5.56 Å². The van der Waals surface area contributed by atoms with Crippen LogP contribution < -0.4 is 5.32 Å². The van der Waals surface area contributed by atoms with Crippen molar-refractivity contribution in [1.29, 1.82) is 0 Å². The van der Waals surface area contributed by atoms with E-state index in [1.165, 1.54) is 0 Å². The molecule has 0 aliphatic rings. The summed E-state index contributed by atoms with van der Waals surface area (Å²) in [7, 11) is 0. The number of hydrogen-bond acceptors (Lipinski definition) is 3. The van der Waals surface area contributed by atoms with E-state index in [1.54, 1.807) is 31.2 Å². The van der Waals surface area contributed by atoms with Crippen LogP contribution in [0.5, 0.6) is 0 Å². The average molecular weight is 297 g/mol. The molecule has 0 aliphatic carbocycles. The minimum absolute atomic E-state index is 0.238.